The van der Waals surface area contributed by atoms with E-state index in [1.165, 1.54) is 38.1 Å². The highest BCUT2D eigenvalue weighted by Crippen LogP contribution is 2.22. The highest BCUT2D eigenvalue weighted by Gasteiger charge is 2.25. The van der Waals surface area contributed by atoms with Gasteiger partial charge in [-0.15, -0.1) is 0 Å². The number of H-pyrrole nitrogens is 1. The quantitative estimate of drug-likeness (QED) is 0.448. The van der Waals surface area contributed by atoms with Crippen molar-refractivity contribution in [2.24, 2.45) is 0 Å². The number of carbonyl (C=O) groups is 3. The maximum absolute atomic E-state index is 13.7. The molecule has 7 heteroatoms. The van der Waals surface area contributed by atoms with Crippen LogP contribution in [0.3, 0.4) is 0 Å². The maximum Gasteiger partial charge on any atom is 0.331 e. The Kier molecular flexibility index (Phi) is 6.33. The lowest BCUT2D eigenvalue weighted by atomic mass is 10.0. The highest BCUT2D eigenvalue weighted by molar-refractivity contribution is 6.32. The second kappa shape index (κ2) is 8.31. The SMILES string of the molecule is CC(=O)c1c(C)[nH]c(C(=O)[C@@H](C)OC(=O)/C=C/c2c(F)cccc2Cl)c1C. The van der Waals surface area contributed by atoms with E-state index >= 15 is 0 Å². The van der Waals surface area contributed by atoms with Crippen LogP contribution in [0.5, 0.6) is 0 Å². The van der Waals surface area contributed by atoms with Crippen molar-refractivity contribution in [2.45, 2.75) is 33.8 Å². The maximum atomic E-state index is 13.7. The molecule has 142 valence electrons. The Bertz CT molecular complexity index is 925. The van der Waals surface area contributed by atoms with Crippen LogP contribution in [0.25, 0.3) is 6.08 Å². The van der Waals surface area contributed by atoms with Gasteiger partial charge in [0.05, 0.1) is 10.7 Å². The van der Waals surface area contributed by atoms with Gasteiger partial charge in [-0.3, -0.25) is 9.59 Å². The van der Waals surface area contributed by atoms with Gasteiger partial charge in [0.25, 0.3) is 0 Å². The number of esters is 1. The molecule has 0 spiro atoms. The van der Waals surface area contributed by atoms with Gasteiger partial charge in [-0.2, -0.15) is 0 Å². The van der Waals surface area contributed by atoms with E-state index in [4.69, 9.17) is 16.3 Å². The number of rotatable bonds is 6. The van der Waals surface area contributed by atoms with Crippen LogP contribution < -0.4 is 0 Å². The molecule has 0 aliphatic rings. The number of ether oxygens (including phenoxy) is 1. The number of ketones is 2. The van der Waals surface area contributed by atoms with Gasteiger partial charge < -0.3 is 9.72 Å². The molecular formula is C20H19ClFNO4. The van der Waals surface area contributed by atoms with Crippen LogP contribution in [0.15, 0.2) is 24.3 Å². The van der Waals surface area contributed by atoms with Gasteiger partial charge >= 0.3 is 5.97 Å². The summed E-state index contributed by atoms with van der Waals surface area (Å²) < 4.78 is 18.8. The molecule has 1 heterocycles. The van der Waals surface area contributed by atoms with Crippen molar-refractivity contribution >= 4 is 35.2 Å². The molecule has 1 atom stereocenters. The molecule has 1 N–H and O–H groups in total. The summed E-state index contributed by atoms with van der Waals surface area (Å²) in [7, 11) is 0. The first-order valence-electron chi connectivity index (χ1n) is 8.20. The van der Waals surface area contributed by atoms with Gasteiger partial charge in [0, 0.05) is 22.9 Å². The second-order valence-corrected chi connectivity index (χ2v) is 6.50. The third-order valence-electron chi connectivity index (χ3n) is 4.08. The van der Waals surface area contributed by atoms with E-state index in [-0.39, 0.29) is 22.1 Å². The van der Waals surface area contributed by atoms with Crippen molar-refractivity contribution in [3.8, 4) is 0 Å². The van der Waals surface area contributed by atoms with E-state index in [0.717, 1.165) is 6.08 Å². The number of nitrogens with one attached hydrogen (secondary N) is 1. The fourth-order valence-corrected chi connectivity index (χ4v) is 3.04. The Balaban J connectivity index is 2.13. The minimum atomic E-state index is -1.09. The molecule has 0 amide bonds. The van der Waals surface area contributed by atoms with Crippen LogP contribution in [0.4, 0.5) is 4.39 Å². The van der Waals surface area contributed by atoms with Gasteiger partial charge in [-0.05, 0) is 51.5 Å². The third kappa shape index (κ3) is 4.52. The van der Waals surface area contributed by atoms with Crippen LogP contribution >= 0.6 is 11.6 Å². The summed E-state index contributed by atoms with van der Waals surface area (Å²) in [4.78, 5) is 39.1. The minimum absolute atomic E-state index is 0.0528. The number of halogens is 2. The number of hydrogen-bond donors (Lipinski definition) is 1. The van der Waals surface area contributed by atoms with Gasteiger partial charge in [0.1, 0.15) is 5.82 Å². The van der Waals surface area contributed by atoms with Crippen LogP contribution in [0.2, 0.25) is 5.02 Å². The average molecular weight is 392 g/mol. The lowest BCUT2D eigenvalue weighted by Gasteiger charge is -2.10. The van der Waals surface area contributed by atoms with Crippen LogP contribution in [0, 0.1) is 19.7 Å². The van der Waals surface area contributed by atoms with Gasteiger partial charge in [0.2, 0.25) is 5.78 Å². The van der Waals surface area contributed by atoms with Crippen molar-refractivity contribution in [3.63, 3.8) is 0 Å². The largest absolute Gasteiger partial charge is 0.451 e. The average Bonchev–Trinajstić information content (AvgIpc) is 2.88. The van der Waals surface area contributed by atoms with Crippen molar-refractivity contribution in [2.75, 3.05) is 0 Å². The molecule has 0 saturated carbocycles. The predicted octanol–water partition coefficient (Wildman–Crippen LogP) is 4.45. The van der Waals surface area contributed by atoms with Crippen molar-refractivity contribution in [1.29, 1.82) is 0 Å². The number of aromatic nitrogens is 1. The van der Waals surface area contributed by atoms with Gasteiger partial charge in [0.15, 0.2) is 11.9 Å². The normalized spacial score (nSPS) is 12.2. The predicted molar refractivity (Wildman–Crippen MR) is 101 cm³/mol. The number of carbonyl (C=O) groups excluding carboxylic acids is 3. The van der Waals surface area contributed by atoms with Crippen molar-refractivity contribution in [1.82, 2.24) is 4.98 Å². The molecule has 0 bridgehead atoms. The first-order chi connectivity index (χ1) is 12.6. The van der Waals surface area contributed by atoms with Crippen LogP contribution in [0.1, 0.15) is 51.5 Å². The van der Waals surface area contributed by atoms with E-state index in [2.05, 4.69) is 4.98 Å². The fraction of sp³-hybridized carbons (Fsp3) is 0.250. The fourth-order valence-electron chi connectivity index (χ4n) is 2.82. The Hall–Kier alpha value is -2.73. The summed E-state index contributed by atoms with van der Waals surface area (Å²) in [5.41, 5.74) is 1.82. The van der Waals surface area contributed by atoms with Crippen molar-refractivity contribution < 1.29 is 23.5 Å². The first-order valence-corrected chi connectivity index (χ1v) is 8.58. The monoisotopic (exact) mass is 391 g/mol. The van der Waals surface area contributed by atoms with E-state index in [1.807, 2.05) is 0 Å². The minimum Gasteiger partial charge on any atom is -0.451 e. The summed E-state index contributed by atoms with van der Waals surface area (Å²) in [5.74, 6) is -2.02. The molecule has 0 fully saturated rings. The number of benzene rings is 1. The molecule has 0 saturated heterocycles. The van der Waals surface area contributed by atoms with Crippen molar-refractivity contribution in [3.05, 3.63) is 63.2 Å². The molecule has 0 radical (unpaired) electrons. The Labute approximate surface area is 161 Å². The van der Waals surface area contributed by atoms with Gasteiger partial charge in [-0.1, -0.05) is 17.7 Å². The molecule has 2 aromatic rings. The summed E-state index contributed by atoms with van der Waals surface area (Å²) in [6.07, 6.45) is 1.10. The number of Topliss-reactive ketones (excluding diaryl/α,β-unsaturated/α-hetero) is 2. The van der Waals surface area contributed by atoms with Gasteiger partial charge in [-0.25, -0.2) is 9.18 Å². The molecule has 2 rings (SSSR count). The summed E-state index contributed by atoms with van der Waals surface area (Å²) in [5, 5.41) is 0.150. The molecule has 1 aromatic carbocycles. The number of aromatic amines is 1. The molecule has 0 aliphatic carbocycles. The molecule has 5 nitrogen and oxygen atoms in total. The second-order valence-electron chi connectivity index (χ2n) is 6.09. The lowest BCUT2D eigenvalue weighted by Crippen LogP contribution is -2.24. The Morgan fingerprint density at radius 3 is 2.48 bits per heavy atom. The van der Waals surface area contributed by atoms with E-state index < -0.39 is 23.7 Å². The van der Waals surface area contributed by atoms with Crippen LogP contribution in [-0.2, 0) is 9.53 Å². The standard InChI is InChI=1S/C20H19ClFNO4/c1-10-18(12(3)24)11(2)23-19(10)20(26)13(4)27-17(25)9-8-14-15(21)6-5-7-16(14)22/h5-9,13,23H,1-4H3/b9-8+/t13-/m1/s1. The zero-order valence-electron chi connectivity index (χ0n) is 15.4. The van der Waals surface area contributed by atoms with E-state index in [0.29, 0.717) is 16.8 Å². The summed E-state index contributed by atoms with van der Waals surface area (Å²) in [6, 6.07) is 4.15. The molecule has 0 aliphatic heterocycles. The number of aryl methyl sites for hydroxylation is 1. The van der Waals surface area contributed by atoms with Crippen LogP contribution in [-0.4, -0.2) is 28.6 Å². The third-order valence-corrected chi connectivity index (χ3v) is 4.41. The Morgan fingerprint density at radius 2 is 1.93 bits per heavy atom. The first kappa shape index (κ1) is 20.6. The van der Waals surface area contributed by atoms with E-state index in [1.54, 1.807) is 13.8 Å². The summed E-state index contributed by atoms with van der Waals surface area (Å²) in [6.45, 7) is 6.19. The zero-order valence-corrected chi connectivity index (χ0v) is 16.1. The van der Waals surface area contributed by atoms with E-state index in [9.17, 15) is 18.8 Å². The highest BCUT2D eigenvalue weighted by atomic mass is 35.5. The Morgan fingerprint density at radius 1 is 1.26 bits per heavy atom. The zero-order chi connectivity index (χ0) is 20.3. The molecular weight excluding hydrogens is 373 g/mol. The molecule has 0 unspecified atom stereocenters. The molecule has 27 heavy (non-hydrogen) atoms. The summed E-state index contributed by atoms with van der Waals surface area (Å²) >= 11 is 5.88. The smallest absolute Gasteiger partial charge is 0.331 e. The number of hydrogen-bond acceptors (Lipinski definition) is 4. The molecule has 1 aromatic heterocycles. The topological polar surface area (TPSA) is 76.2 Å². The lowest BCUT2D eigenvalue weighted by molar-refractivity contribution is -0.140.